The van der Waals surface area contributed by atoms with Crippen LogP contribution in [0.4, 0.5) is 0 Å². The Kier molecular flexibility index (Phi) is 7.75. The van der Waals surface area contributed by atoms with Crippen molar-refractivity contribution >= 4 is 41.3 Å². The summed E-state index contributed by atoms with van der Waals surface area (Å²) in [5.41, 5.74) is 0. The Morgan fingerprint density at radius 2 is 2.05 bits per heavy atom. The second-order valence-corrected chi connectivity index (χ2v) is 6.29. The van der Waals surface area contributed by atoms with Gasteiger partial charge < -0.3 is 10.6 Å². The fraction of sp³-hybridized carbons (Fsp3) is 0.643. The number of halogens is 1. The van der Waals surface area contributed by atoms with E-state index in [0.29, 0.717) is 6.04 Å². The zero-order chi connectivity index (χ0) is 12.8. The molecule has 0 atom stereocenters. The maximum atomic E-state index is 4.30. The van der Waals surface area contributed by atoms with Crippen molar-refractivity contribution in [2.24, 2.45) is 4.99 Å². The van der Waals surface area contributed by atoms with E-state index in [0.717, 1.165) is 12.5 Å². The first-order valence-electron chi connectivity index (χ1n) is 6.80. The third-order valence-corrected chi connectivity index (χ3v) is 4.40. The lowest BCUT2D eigenvalue weighted by molar-refractivity contribution is 0.410. The maximum Gasteiger partial charge on any atom is 0.191 e. The summed E-state index contributed by atoms with van der Waals surface area (Å²) in [6.07, 6.45) is 6.63. The van der Waals surface area contributed by atoms with Gasteiger partial charge in [-0.2, -0.15) is 0 Å². The normalized spacial score (nSPS) is 16.8. The van der Waals surface area contributed by atoms with Crippen LogP contribution < -0.4 is 10.6 Å². The molecule has 1 fully saturated rings. The van der Waals surface area contributed by atoms with E-state index >= 15 is 0 Å². The van der Waals surface area contributed by atoms with E-state index in [1.165, 1.54) is 41.9 Å². The van der Waals surface area contributed by atoms with Crippen molar-refractivity contribution in [3.05, 3.63) is 21.9 Å². The van der Waals surface area contributed by atoms with E-state index in [1.54, 1.807) is 0 Å². The van der Waals surface area contributed by atoms with Crippen LogP contribution >= 0.6 is 35.3 Å². The molecule has 0 spiro atoms. The number of hydrogen-bond acceptors (Lipinski definition) is 2. The van der Waals surface area contributed by atoms with Crippen LogP contribution in [0.3, 0.4) is 0 Å². The Bertz CT molecular complexity index is 397. The zero-order valence-corrected chi connectivity index (χ0v) is 14.9. The Hall–Kier alpha value is -0.300. The van der Waals surface area contributed by atoms with E-state index in [1.807, 2.05) is 18.4 Å². The van der Waals surface area contributed by atoms with E-state index in [2.05, 4.69) is 34.7 Å². The first-order valence-corrected chi connectivity index (χ1v) is 7.62. The first kappa shape index (κ1) is 16.8. The summed E-state index contributed by atoms with van der Waals surface area (Å²) in [4.78, 5) is 7.03. The second kappa shape index (κ2) is 8.79. The molecule has 1 aromatic rings. The first-order chi connectivity index (χ1) is 8.78. The van der Waals surface area contributed by atoms with Crippen LogP contribution in [0.5, 0.6) is 0 Å². The van der Waals surface area contributed by atoms with Crippen molar-refractivity contribution in [3.63, 3.8) is 0 Å². The summed E-state index contributed by atoms with van der Waals surface area (Å²) in [5.74, 6) is 0.938. The molecule has 0 unspecified atom stereocenters. The lowest BCUT2D eigenvalue weighted by atomic mass is 9.96. The number of nitrogens with one attached hydrogen (secondary N) is 2. The van der Waals surface area contributed by atoms with E-state index in [4.69, 9.17) is 0 Å². The summed E-state index contributed by atoms with van der Waals surface area (Å²) < 4.78 is 0. The van der Waals surface area contributed by atoms with Gasteiger partial charge in [-0.1, -0.05) is 19.3 Å². The van der Waals surface area contributed by atoms with Gasteiger partial charge >= 0.3 is 0 Å². The zero-order valence-electron chi connectivity index (χ0n) is 11.7. The summed E-state index contributed by atoms with van der Waals surface area (Å²) in [7, 11) is 1.85. The van der Waals surface area contributed by atoms with Gasteiger partial charge in [0.2, 0.25) is 0 Å². The van der Waals surface area contributed by atoms with Crippen LogP contribution in [-0.2, 0) is 6.54 Å². The molecular formula is C14H24IN3S. The van der Waals surface area contributed by atoms with E-state index < -0.39 is 0 Å². The topological polar surface area (TPSA) is 36.4 Å². The van der Waals surface area contributed by atoms with Gasteiger partial charge in [-0.25, -0.2) is 0 Å². The third-order valence-electron chi connectivity index (χ3n) is 3.40. The molecule has 0 aliphatic heterocycles. The molecule has 0 radical (unpaired) electrons. The number of aryl methyl sites for hydroxylation is 1. The Morgan fingerprint density at radius 3 is 2.63 bits per heavy atom. The van der Waals surface area contributed by atoms with Crippen molar-refractivity contribution in [2.45, 2.75) is 51.6 Å². The largest absolute Gasteiger partial charge is 0.354 e. The Labute approximate surface area is 137 Å². The molecule has 1 aliphatic rings. The average Bonchev–Trinajstić information content (AvgIpc) is 2.81. The molecule has 1 saturated carbocycles. The molecule has 19 heavy (non-hydrogen) atoms. The van der Waals surface area contributed by atoms with Gasteiger partial charge in [0.05, 0.1) is 6.54 Å². The van der Waals surface area contributed by atoms with Gasteiger partial charge in [-0.05, 0) is 31.9 Å². The third kappa shape index (κ3) is 5.69. The molecule has 5 heteroatoms. The maximum absolute atomic E-state index is 4.30. The fourth-order valence-corrected chi connectivity index (χ4v) is 3.22. The summed E-state index contributed by atoms with van der Waals surface area (Å²) in [6, 6.07) is 4.95. The number of thiophene rings is 1. The molecular weight excluding hydrogens is 369 g/mol. The summed E-state index contributed by atoms with van der Waals surface area (Å²) in [5, 5.41) is 6.92. The van der Waals surface area contributed by atoms with Crippen LogP contribution in [0.15, 0.2) is 17.1 Å². The van der Waals surface area contributed by atoms with E-state index in [9.17, 15) is 0 Å². The predicted molar refractivity (Wildman–Crippen MR) is 94.7 cm³/mol. The van der Waals surface area contributed by atoms with Gasteiger partial charge in [-0.15, -0.1) is 35.3 Å². The molecule has 0 bridgehead atoms. The highest BCUT2D eigenvalue weighted by molar-refractivity contribution is 14.0. The van der Waals surface area contributed by atoms with Crippen LogP contribution in [0, 0.1) is 6.92 Å². The Morgan fingerprint density at radius 1 is 1.32 bits per heavy atom. The van der Waals surface area contributed by atoms with Crippen molar-refractivity contribution in [2.75, 3.05) is 7.05 Å². The summed E-state index contributed by atoms with van der Waals surface area (Å²) >= 11 is 1.84. The molecule has 108 valence electrons. The second-order valence-electron chi connectivity index (χ2n) is 4.92. The van der Waals surface area contributed by atoms with Gasteiger partial charge in [0.15, 0.2) is 5.96 Å². The highest BCUT2D eigenvalue weighted by Gasteiger charge is 2.14. The molecule has 1 heterocycles. The molecule has 1 aromatic heterocycles. The summed E-state index contributed by atoms with van der Waals surface area (Å²) in [6.45, 7) is 3.01. The minimum Gasteiger partial charge on any atom is -0.354 e. The number of guanidine groups is 1. The molecule has 2 N–H and O–H groups in total. The highest BCUT2D eigenvalue weighted by atomic mass is 127. The Balaban J connectivity index is 0.00000180. The van der Waals surface area contributed by atoms with Gasteiger partial charge in [0, 0.05) is 22.8 Å². The van der Waals surface area contributed by atoms with Gasteiger partial charge in [0.25, 0.3) is 0 Å². The fourth-order valence-electron chi connectivity index (χ4n) is 2.39. The van der Waals surface area contributed by atoms with Gasteiger partial charge in [-0.3, -0.25) is 4.99 Å². The van der Waals surface area contributed by atoms with Crippen LogP contribution in [0.2, 0.25) is 0 Å². The highest BCUT2D eigenvalue weighted by Crippen LogP contribution is 2.17. The minimum atomic E-state index is 0. The number of nitrogens with zero attached hydrogens (tertiary/aromatic N) is 1. The lowest BCUT2D eigenvalue weighted by Crippen LogP contribution is -2.43. The molecule has 3 nitrogen and oxygen atoms in total. The number of hydrogen-bond donors (Lipinski definition) is 2. The van der Waals surface area contributed by atoms with Crippen LogP contribution in [0.25, 0.3) is 0 Å². The SMILES string of the molecule is CN=C(NCc1ccc(C)s1)NC1CCCCC1.I. The monoisotopic (exact) mass is 393 g/mol. The van der Waals surface area contributed by atoms with Gasteiger partial charge in [0.1, 0.15) is 0 Å². The standard InChI is InChI=1S/C14H23N3S.HI/c1-11-8-9-13(18-11)10-16-14(15-2)17-12-6-4-3-5-7-12;/h8-9,12H,3-7,10H2,1-2H3,(H2,15,16,17);1H. The molecule has 0 saturated heterocycles. The van der Waals surface area contributed by atoms with Crippen molar-refractivity contribution < 1.29 is 0 Å². The predicted octanol–water partition coefficient (Wildman–Crippen LogP) is 3.67. The molecule has 0 aromatic carbocycles. The lowest BCUT2D eigenvalue weighted by Gasteiger charge is -2.24. The van der Waals surface area contributed by atoms with Crippen molar-refractivity contribution in [3.8, 4) is 0 Å². The number of aliphatic imine (C=N–C) groups is 1. The van der Waals surface area contributed by atoms with Crippen molar-refractivity contribution in [1.29, 1.82) is 0 Å². The van der Waals surface area contributed by atoms with E-state index in [-0.39, 0.29) is 24.0 Å². The van der Waals surface area contributed by atoms with Crippen LogP contribution in [0.1, 0.15) is 41.9 Å². The molecule has 1 aliphatic carbocycles. The molecule has 0 amide bonds. The van der Waals surface area contributed by atoms with Crippen molar-refractivity contribution in [1.82, 2.24) is 10.6 Å². The minimum absolute atomic E-state index is 0. The molecule has 2 rings (SSSR count). The quantitative estimate of drug-likeness (QED) is 0.467. The smallest absolute Gasteiger partial charge is 0.191 e. The number of rotatable bonds is 3. The average molecular weight is 393 g/mol. The van der Waals surface area contributed by atoms with Crippen LogP contribution in [-0.4, -0.2) is 19.0 Å².